The minimum atomic E-state index is -0.367. The quantitative estimate of drug-likeness (QED) is 0.633. The largest absolute Gasteiger partial charge is 0.494 e. The van der Waals surface area contributed by atoms with Crippen LogP contribution in [0.1, 0.15) is 33.2 Å². The van der Waals surface area contributed by atoms with E-state index in [1.807, 2.05) is 31.2 Å². The van der Waals surface area contributed by atoms with E-state index >= 15 is 0 Å². The number of carbonyl (C=O) groups excluding carboxylic acids is 3. The van der Waals surface area contributed by atoms with Crippen LogP contribution in [0.5, 0.6) is 5.75 Å². The van der Waals surface area contributed by atoms with Gasteiger partial charge in [-0.1, -0.05) is 30.3 Å². The Balaban J connectivity index is 1.47. The molecule has 6 heteroatoms. The molecule has 3 aromatic carbocycles. The summed E-state index contributed by atoms with van der Waals surface area (Å²) < 4.78 is 5.40. The molecule has 0 atom stereocenters. The van der Waals surface area contributed by atoms with Crippen LogP contribution in [-0.2, 0) is 11.2 Å². The molecule has 3 aromatic rings. The van der Waals surface area contributed by atoms with Crippen LogP contribution in [0.2, 0.25) is 0 Å². The Kier molecular flexibility index (Phi) is 5.30. The predicted molar refractivity (Wildman–Crippen MR) is 114 cm³/mol. The van der Waals surface area contributed by atoms with Gasteiger partial charge in [0.05, 0.1) is 29.8 Å². The van der Waals surface area contributed by atoms with Crippen molar-refractivity contribution in [2.45, 2.75) is 13.3 Å². The lowest BCUT2D eigenvalue weighted by atomic mass is 10.1. The van der Waals surface area contributed by atoms with Gasteiger partial charge < -0.3 is 10.1 Å². The maximum Gasteiger partial charge on any atom is 0.266 e. The molecule has 4 rings (SSSR count). The average molecular weight is 400 g/mol. The lowest BCUT2D eigenvalue weighted by Crippen LogP contribution is -2.29. The lowest BCUT2D eigenvalue weighted by Gasteiger charge is -2.15. The van der Waals surface area contributed by atoms with Crippen molar-refractivity contribution in [3.63, 3.8) is 0 Å². The SMILES string of the molecule is CCOc1ccc(CC(=O)Nc2cccc(N3C(=O)c4ccccc4C3=O)c2)cc1. The van der Waals surface area contributed by atoms with Crippen molar-refractivity contribution < 1.29 is 19.1 Å². The molecule has 1 heterocycles. The first kappa shape index (κ1) is 19.4. The molecule has 1 aliphatic heterocycles. The number of imide groups is 1. The van der Waals surface area contributed by atoms with E-state index in [9.17, 15) is 14.4 Å². The summed E-state index contributed by atoms with van der Waals surface area (Å²) in [4.78, 5) is 38.9. The molecule has 0 saturated heterocycles. The number of anilines is 2. The predicted octanol–water partition coefficient (Wildman–Crippen LogP) is 4.07. The van der Waals surface area contributed by atoms with Gasteiger partial charge in [0.2, 0.25) is 5.91 Å². The smallest absolute Gasteiger partial charge is 0.266 e. The van der Waals surface area contributed by atoms with Gasteiger partial charge in [-0.3, -0.25) is 14.4 Å². The van der Waals surface area contributed by atoms with Gasteiger partial charge in [-0.15, -0.1) is 0 Å². The van der Waals surface area contributed by atoms with E-state index in [4.69, 9.17) is 4.74 Å². The monoisotopic (exact) mass is 400 g/mol. The van der Waals surface area contributed by atoms with E-state index in [2.05, 4.69) is 5.32 Å². The van der Waals surface area contributed by atoms with Crippen LogP contribution < -0.4 is 15.0 Å². The summed E-state index contributed by atoms with van der Waals surface area (Å²) in [5.74, 6) is -0.170. The van der Waals surface area contributed by atoms with Gasteiger partial charge in [0, 0.05) is 5.69 Å². The summed E-state index contributed by atoms with van der Waals surface area (Å²) in [6.45, 7) is 2.50. The number of fused-ring (bicyclic) bond motifs is 1. The van der Waals surface area contributed by atoms with Crippen LogP contribution in [0, 0.1) is 0 Å². The molecule has 0 aromatic heterocycles. The van der Waals surface area contributed by atoms with Gasteiger partial charge >= 0.3 is 0 Å². The van der Waals surface area contributed by atoms with Crippen LogP contribution in [0.4, 0.5) is 11.4 Å². The highest BCUT2D eigenvalue weighted by molar-refractivity contribution is 6.34. The molecule has 0 aliphatic carbocycles. The number of hydrogen-bond acceptors (Lipinski definition) is 4. The number of amides is 3. The van der Waals surface area contributed by atoms with E-state index in [1.54, 1.807) is 48.5 Å². The minimum Gasteiger partial charge on any atom is -0.494 e. The third-order valence-corrected chi connectivity index (χ3v) is 4.78. The maximum atomic E-state index is 12.7. The van der Waals surface area contributed by atoms with Crippen molar-refractivity contribution in [2.24, 2.45) is 0 Å². The molecule has 1 N–H and O–H groups in total. The Labute approximate surface area is 174 Å². The molecule has 0 radical (unpaired) electrons. The first-order valence-corrected chi connectivity index (χ1v) is 9.66. The molecule has 0 saturated carbocycles. The summed E-state index contributed by atoms with van der Waals surface area (Å²) in [5, 5.41) is 2.83. The lowest BCUT2D eigenvalue weighted by molar-refractivity contribution is -0.115. The van der Waals surface area contributed by atoms with Crippen molar-refractivity contribution in [1.29, 1.82) is 0 Å². The number of nitrogens with one attached hydrogen (secondary N) is 1. The highest BCUT2D eigenvalue weighted by atomic mass is 16.5. The standard InChI is InChI=1S/C24H20N2O4/c1-2-30-19-12-10-16(11-13-19)14-22(27)25-17-6-5-7-18(15-17)26-23(28)20-8-3-4-9-21(20)24(26)29/h3-13,15H,2,14H2,1H3,(H,25,27). The molecule has 1 aliphatic rings. The fourth-order valence-corrected chi connectivity index (χ4v) is 3.41. The summed E-state index contributed by atoms with van der Waals surface area (Å²) in [6, 6.07) is 20.8. The fraction of sp³-hybridized carbons (Fsp3) is 0.125. The van der Waals surface area contributed by atoms with Crippen molar-refractivity contribution in [3.05, 3.63) is 89.5 Å². The minimum absolute atomic E-state index is 0.196. The summed E-state index contributed by atoms with van der Waals surface area (Å²) >= 11 is 0. The third kappa shape index (κ3) is 3.80. The zero-order chi connectivity index (χ0) is 21.1. The first-order valence-electron chi connectivity index (χ1n) is 9.66. The van der Waals surface area contributed by atoms with Crippen LogP contribution in [-0.4, -0.2) is 24.3 Å². The number of hydrogen-bond donors (Lipinski definition) is 1. The first-order chi connectivity index (χ1) is 14.6. The van der Waals surface area contributed by atoms with Crippen molar-refractivity contribution in [2.75, 3.05) is 16.8 Å². The number of benzene rings is 3. The van der Waals surface area contributed by atoms with Crippen molar-refractivity contribution in [3.8, 4) is 5.75 Å². The normalized spacial score (nSPS) is 12.6. The second-order valence-electron chi connectivity index (χ2n) is 6.84. The molecule has 150 valence electrons. The molecule has 6 nitrogen and oxygen atoms in total. The topological polar surface area (TPSA) is 75.7 Å². The second kappa shape index (κ2) is 8.21. The molecule has 0 fully saturated rings. The highest BCUT2D eigenvalue weighted by Crippen LogP contribution is 2.29. The Morgan fingerprint density at radius 3 is 2.20 bits per heavy atom. The molecular weight excluding hydrogens is 380 g/mol. The summed E-state index contributed by atoms with van der Waals surface area (Å²) in [6.07, 6.45) is 0.198. The van der Waals surface area contributed by atoms with Gasteiger partial charge in [0.25, 0.3) is 11.8 Å². The number of ether oxygens (including phenoxy) is 1. The zero-order valence-corrected chi connectivity index (χ0v) is 16.4. The van der Waals surface area contributed by atoms with Gasteiger partial charge in [-0.2, -0.15) is 0 Å². The fourth-order valence-electron chi connectivity index (χ4n) is 3.41. The average Bonchev–Trinajstić information content (AvgIpc) is 3.00. The molecule has 0 bridgehead atoms. The van der Waals surface area contributed by atoms with Crippen LogP contribution in [0.15, 0.2) is 72.8 Å². The van der Waals surface area contributed by atoms with Crippen LogP contribution >= 0.6 is 0 Å². The van der Waals surface area contributed by atoms with Crippen LogP contribution in [0.25, 0.3) is 0 Å². The van der Waals surface area contributed by atoms with Gasteiger partial charge in [0.15, 0.2) is 0 Å². The van der Waals surface area contributed by atoms with Gasteiger partial charge in [-0.25, -0.2) is 4.90 Å². The Morgan fingerprint density at radius 2 is 1.57 bits per heavy atom. The summed E-state index contributed by atoms with van der Waals surface area (Å²) in [7, 11) is 0. The maximum absolute atomic E-state index is 12.7. The van der Waals surface area contributed by atoms with Gasteiger partial charge in [0.1, 0.15) is 5.75 Å². The second-order valence-corrected chi connectivity index (χ2v) is 6.84. The molecule has 0 spiro atoms. The molecule has 0 unspecified atom stereocenters. The Hall–Kier alpha value is -3.93. The highest BCUT2D eigenvalue weighted by Gasteiger charge is 2.36. The Morgan fingerprint density at radius 1 is 0.900 bits per heavy atom. The third-order valence-electron chi connectivity index (χ3n) is 4.78. The van der Waals surface area contributed by atoms with E-state index in [1.165, 1.54) is 0 Å². The number of rotatable bonds is 6. The Bertz CT molecular complexity index is 1090. The molecule has 3 amide bonds. The van der Waals surface area contributed by atoms with Crippen LogP contribution in [0.3, 0.4) is 0 Å². The number of nitrogens with zero attached hydrogens (tertiary/aromatic N) is 1. The summed E-state index contributed by atoms with van der Waals surface area (Å²) in [5.41, 5.74) is 2.55. The van der Waals surface area contributed by atoms with E-state index < -0.39 is 0 Å². The molecular formula is C24H20N2O4. The number of carbonyl (C=O) groups is 3. The van der Waals surface area contributed by atoms with E-state index in [-0.39, 0.29) is 24.1 Å². The van der Waals surface area contributed by atoms with E-state index in [0.29, 0.717) is 29.1 Å². The zero-order valence-electron chi connectivity index (χ0n) is 16.4. The molecule has 30 heavy (non-hydrogen) atoms. The van der Waals surface area contributed by atoms with Gasteiger partial charge in [-0.05, 0) is 55.0 Å². The van der Waals surface area contributed by atoms with Crippen molar-refractivity contribution in [1.82, 2.24) is 0 Å². The van der Waals surface area contributed by atoms with E-state index in [0.717, 1.165) is 16.2 Å². The van der Waals surface area contributed by atoms with Crippen molar-refractivity contribution >= 4 is 29.1 Å².